The fraction of sp³-hybridized carbons (Fsp3) is 0.500. The van der Waals surface area contributed by atoms with Crippen LogP contribution < -0.4 is 52.0 Å². The fourth-order valence-electron chi connectivity index (χ4n) is 14.8. The molecule has 0 spiro atoms. The van der Waals surface area contributed by atoms with E-state index < -0.39 is 132 Å². The Bertz CT molecular complexity index is 3780. The number of hydrogen-bond acceptors (Lipinski definition) is 18. The Morgan fingerprint density at radius 2 is 0.868 bits per heavy atom. The molecule has 12 atom stereocenters. The van der Waals surface area contributed by atoms with E-state index in [1.165, 1.54) is 9.80 Å². The summed E-state index contributed by atoms with van der Waals surface area (Å²) in [5.74, 6) is -7.17. The van der Waals surface area contributed by atoms with Gasteiger partial charge in [0.1, 0.15) is 84.4 Å². The quantitative estimate of drug-likeness (QED) is 0.0665. The second kappa shape index (κ2) is 35.9. The highest BCUT2D eigenvalue weighted by atomic mass is 16.5. The molecule has 6 aromatic rings. The summed E-state index contributed by atoms with van der Waals surface area (Å²) in [5, 5.41) is 62.1. The van der Waals surface area contributed by atoms with Gasteiger partial charge in [-0.1, -0.05) is 134 Å². The molecule has 2 aliphatic carbocycles. The van der Waals surface area contributed by atoms with Gasteiger partial charge in [-0.05, 0) is 112 Å². The molecular weight excluding hydrogens is 1360 g/mol. The van der Waals surface area contributed by atoms with Crippen LogP contribution in [0.4, 0.5) is 0 Å². The van der Waals surface area contributed by atoms with Crippen LogP contribution in [0.15, 0.2) is 122 Å². The van der Waals surface area contributed by atoms with Crippen LogP contribution in [0.25, 0.3) is 0 Å². The standard InChI is InChI=1S/C76H96N16O14/c1-45(77-3)67(93)83-65(51-21-13-7-14-22-51)73(99)89-41-55-37-63(89)71(97)79-59(33-47-17-9-5-10-18-47)69(95)81-61(75(101)102)35-49-27-31-58(32-28-49)106-44-54-40-92(88-86-54)56-38-64(90(42-56)74(100)66(52-23-15-8-16-24-52)84-68(94)46(2)78-4)72(98)80-60(34-48-19-11-6-12-20-48)70(96)82-62(76(103)104)36-50-25-29-57(30-26-50)105-43-53-39-91(55)87-85-53/h5-6,9-12,17-20,25-32,39-40,45-46,51-52,55-56,59-66,77-78H,7-8,13-16,21-24,33-38,41-44H2,1-4H3,(H,79,97)(H,80,98)(H,81,95)(H,82,96)(H,83,93)(H,84,94)(H,101,102)(H,103,104)/t45-,46-,55-,56-,59-,60-,61-,62-,63-,64-,65-,66-/m0/s1. The average molecular weight is 1460 g/mol. The molecule has 0 radical (unpaired) electrons. The number of carbonyl (C=O) groups excluding carboxylic acids is 8. The minimum atomic E-state index is -1.48. The first kappa shape index (κ1) is 76.5. The summed E-state index contributed by atoms with van der Waals surface area (Å²) < 4.78 is 15.4. The van der Waals surface area contributed by atoms with Crippen molar-refractivity contribution >= 4 is 59.2 Å². The Morgan fingerprint density at radius 3 is 1.22 bits per heavy atom. The predicted molar refractivity (Wildman–Crippen MR) is 385 cm³/mol. The van der Waals surface area contributed by atoms with Gasteiger partial charge < -0.3 is 72.0 Å². The maximum Gasteiger partial charge on any atom is 0.326 e. The maximum absolute atomic E-state index is 15.3. The van der Waals surface area contributed by atoms with Crippen LogP contribution in [0.5, 0.6) is 11.5 Å². The summed E-state index contributed by atoms with van der Waals surface area (Å²) in [7, 11) is 3.28. The van der Waals surface area contributed by atoms with Gasteiger partial charge in [0.25, 0.3) is 0 Å². The minimum Gasteiger partial charge on any atom is -0.487 e. The Balaban J connectivity index is 0.899. The van der Waals surface area contributed by atoms with Crippen molar-refractivity contribution in [3.05, 3.63) is 155 Å². The number of carbonyl (C=O) groups is 10. The lowest BCUT2D eigenvalue weighted by Gasteiger charge is -2.35. The smallest absolute Gasteiger partial charge is 0.326 e. The molecule has 106 heavy (non-hydrogen) atoms. The molecule has 30 heteroatoms. The average Bonchev–Trinajstić information content (AvgIpc) is 1.64. The lowest BCUT2D eigenvalue weighted by molar-refractivity contribution is -0.144. The zero-order valence-corrected chi connectivity index (χ0v) is 60.1. The zero-order valence-electron chi connectivity index (χ0n) is 60.1. The number of benzene rings is 4. The molecule has 0 unspecified atom stereocenters. The molecule has 8 heterocycles. The fourth-order valence-corrected chi connectivity index (χ4v) is 14.8. The number of carboxylic acids is 2. The first-order valence-electron chi connectivity index (χ1n) is 36.7. The molecule has 4 fully saturated rings. The van der Waals surface area contributed by atoms with E-state index in [9.17, 15) is 39.0 Å². The first-order chi connectivity index (χ1) is 51.2. The second-order valence-corrected chi connectivity index (χ2v) is 28.5. The molecule has 2 aromatic heterocycles. The Hall–Kier alpha value is -10.6. The third kappa shape index (κ3) is 19.7. The highest BCUT2D eigenvalue weighted by Crippen LogP contribution is 2.35. The third-order valence-corrected chi connectivity index (χ3v) is 21.2. The monoisotopic (exact) mass is 1460 g/mol. The van der Waals surface area contributed by atoms with Gasteiger partial charge >= 0.3 is 11.9 Å². The predicted octanol–water partition coefficient (Wildman–Crippen LogP) is 3.05. The van der Waals surface area contributed by atoms with Gasteiger partial charge in [-0.3, -0.25) is 38.4 Å². The number of aromatic nitrogens is 6. The zero-order chi connectivity index (χ0) is 75.0. The van der Waals surface area contributed by atoms with Gasteiger partial charge in [-0.15, -0.1) is 10.2 Å². The highest BCUT2D eigenvalue weighted by Gasteiger charge is 2.48. The molecule has 8 amide bonds. The molecule has 4 aromatic carbocycles. The summed E-state index contributed by atoms with van der Waals surface area (Å²) in [6.45, 7) is 3.07. The van der Waals surface area contributed by atoms with Crippen LogP contribution in [0, 0.1) is 11.8 Å². The summed E-state index contributed by atoms with van der Waals surface area (Å²) in [6.07, 6.45) is 10.7. The van der Waals surface area contributed by atoms with E-state index in [4.69, 9.17) is 9.47 Å². The molecule has 10 N–H and O–H groups in total. The van der Waals surface area contributed by atoms with Crippen molar-refractivity contribution in [2.24, 2.45) is 11.8 Å². The van der Waals surface area contributed by atoms with Crippen LogP contribution in [-0.4, -0.2) is 197 Å². The van der Waals surface area contributed by atoms with Gasteiger partial charge in [0.15, 0.2) is 0 Å². The molecule has 564 valence electrons. The van der Waals surface area contributed by atoms with Gasteiger partial charge in [-0.2, -0.15) is 0 Å². The van der Waals surface area contributed by atoms with Crippen LogP contribution in [0.3, 0.4) is 0 Å². The number of amides is 8. The Kier molecular flexibility index (Phi) is 25.9. The van der Waals surface area contributed by atoms with E-state index in [0.717, 1.165) is 38.5 Å². The second-order valence-electron chi connectivity index (χ2n) is 28.5. The van der Waals surface area contributed by atoms with Crippen LogP contribution in [0.1, 0.15) is 137 Å². The number of hydrogen-bond donors (Lipinski definition) is 10. The van der Waals surface area contributed by atoms with E-state index >= 15 is 19.2 Å². The number of nitrogens with one attached hydrogen (secondary N) is 8. The van der Waals surface area contributed by atoms with Gasteiger partial charge in [-0.25, -0.2) is 19.0 Å². The summed E-state index contributed by atoms with van der Waals surface area (Å²) in [4.78, 5) is 147. The van der Waals surface area contributed by atoms with E-state index in [2.05, 4.69) is 63.2 Å². The molecule has 8 aliphatic rings. The van der Waals surface area contributed by atoms with E-state index in [1.807, 2.05) is 0 Å². The summed E-state index contributed by atoms with van der Waals surface area (Å²) in [5.41, 5.74) is 3.06. The summed E-state index contributed by atoms with van der Waals surface area (Å²) >= 11 is 0. The SMILES string of the molecule is CN[C@@H](C)C(=O)N[C@H](C(=O)N1C[C@@H]2C[C@H]1C(=O)N[C@@H](Cc1ccccc1)C(=O)N[C@H](C(=O)O)Cc1ccc(cc1)OCc1cn(nn1)[C@H]1C[C@@H](C(=O)N[C@@H](Cc3ccccc3)C(=O)N[C@H](C(=O)O)Cc3ccc(cc3)OCc3cn2nn3)N(C(=O)[C@@H](NC(=O)[C@H](C)NC)C2CCCCC2)C1)C1CCCCC1. The molecule has 14 rings (SSSR count). The van der Waals surface area contributed by atoms with Crippen molar-refractivity contribution in [2.45, 2.75) is 202 Å². The summed E-state index contributed by atoms with van der Waals surface area (Å²) in [6, 6.07) is 18.2. The Morgan fingerprint density at radius 1 is 0.500 bits per heavy atom. The van der Waals surface area contributed by atoms with Gasteiger partial charge in [0.05, 0.1) is 36.6 Å². The topological polar surface area (TPSA) is 394 Å². The van der Waals surface area contributed by atoms with Gasteiger partial charge in [0, 0.05) is 51.6 Å². The van der Waals surface area contributed by atoms with Crippen molar-refractivity contribution in [1.82, 2.24) is 82.3 Å². The number of rotatable bonds is 16. The van der Waals surface area contributed by atoms with Crippen LogP contribution in [-0.2, 0) is 86.8 Å². The molecular formula is C76H96N16O14. The Labute approximate surface area is 614 Å². The minimum absolute atomic E-state index is 0.00110. The number of aliphatic carboxylic acids is 2. The van der Waals surface area contributed by atoms with Crippen molar-refractivity contribution in [2.75, 3.05) is 27.2 Å². The van der Waals surface area contributed by atoms with E-state index in [1.54, 1.807) is 159 Å². The third-order valence-electron chi connectivity index (χ3n) is 21.2. The highest BCUT2D eigenvalue weighted by molar-refractivity contribution is 5.98. The van der Waals surface area contributed by atoms with E-state index in [0.29, 0.717) is 70.8 Å². The van der Waals surface area contributed by atoms with Crippen LogP contribution in [0.2, 0.25) is 0 Å². The molecule has 6 aliphatic heterocycles. The number of likely N-dealkylation sites (tertiary alicyclic amines) is 2. The van der Waals surface area contributed by atoms with E-state index in [-0.39, 0.29) is 76.7 Å². The number of ether oxygens (including phenoxy) is 2. The lowest BCUT2D eigenvalue weighted by atomic mass is 9.83. The molecule has 12 bridgehead atoms. The number of nitrogens with zero attached hydrogens (tertiary/aromatic N) is 8. The molecule has 30 nitrogen and oxygen atoms in total. The van der Waals surface area contributed by atoms with Crippen molar-refractivity contribution < 1.29 is 67.6 Å². The van der Waals surface area contributed by atoms with Crippen LogP contribution >= 0.6 is 0 Å². The first-order valence-corrected chi connectivity index (χ1v) is 36.7. The van der Waals surface area contributed by atoms with Crippen molar-refractivity contribution in [3.63, 3.8) is 0 Å². The molecule has 2 saturated heterocycles. The van der Waals surface area contributed by atoms with Crippen molar-refractivity contribution in [1.29, 1.82) is 0 Å². The van der Waals surface area contributed by atoms with Gasteiger partial charge in [0.2, 0.25) is 47.3 Å². The number of likely N-dealkylation sites (N-methyl/N-ethyl adjacent to an activating group) is 2. The normalized spacial score (nSPS) is 23.7. The number of carboxylic acid groups (broad SMARTS) is 2. The lowest BCUT2D eigenvalue weighted by Crippen LogP contribution is -2.60. The largest absolute Gasteiger partial charge is 0.487 e. The van der Waals surface area contributed by atoms with Crippen molar-refractivity contribution in [3.8, 4) is 11.5 Å². The maximum atomic E-state index is 15.3. The molecule has 2 saturated carbocycles.